The summed E-state index contributed by atoms with van der Waals surface area (Å²) in [5, 5.41) is 2.69. The van der Waals surface area contributed by atoms with Crippen LogP contribution in [0.4, 0.5) is 5.69 Å². The maximum atomic E-state index is 12.5. The average Bonchev–Trinajstić information content (AvgIpc) is 2.56. The molecular formula is C16H17N3O3. The molecule has 0 spiro atoms. The Morgan fingerprint density at radius 2 is 2.32 bits per heavy atom. The smallest absolute Gasteiger partial charge is 0.240 e. The lowest BCUT2D eigenvalue weighted by molar-refractivity contribution is -0.126. The number of aromatic nitrogens is 1. The highest BCUT2D eigenvalue weighted by atomic mass is 16.5. The molecule has 2 heterocycles. The summed E-state index contributed by atoms with van der Waals surface area (Å²) in [7, 11) is 1.51. The molecule has 6 nitrogen and oxygen atoms in total. The molecule has 0 aromatic carbocycles. The van der Waals surface area contributed by atoms with Crippen molar-refractivity contribution in [1.29, 1.82) is 0 Å². The van der Waals surface area contributed by atoms with E-state index in [1.807, 2.05) is 6.08 Å². The van der Waals surface area contributed by atoms with E-state index in [0.29, 0.717) is 17.0 Å². The van der Waals surface area contributed by atoms with E-state index >= 15 is 0 Å². The number of pyridine rings is 1. The molecule has 1 aromatic rings. The number of amides is 1. The molecule has 0 radical (unpaired) electrons. The van der Waals surface area contributed by atoms with Crippen LogP contribution in [0.15, 0.2) is 35.1 Å². The SMILES string of the molecule is COc1ccncc1NC(=O)C1C=NC2CCCC=C2C1=O. The Kier molecular flexibility index (Phi) is 4.00. The third-order valence-corrected chi connectivity index (χ3v) is 3.93. The van der Waals surface area contributed by atoms with Gasteiger partial charge in [-0.3, -0.25) is 19.6 Å². The van der Waals surface area contributed by atoms with Gasteiger partial charge < -0.3 is 10.1 Å². The lowest BCUT2D eigenvalue weighted by Crippen LogP contribution is -2.38. The van der Waals surface area contributed by atoms with Crippen molar-refractivity contribution in [2.24, 2.45) is 10.9 Å². The van der Waals surface area contributed by atoms with Gasteiger partial charge in [0.1, 0.15) is 17.4 Å². The number of ketones is 1. The largest absolute Gasteiger partial charge is 0.494 e. The minimum atomic E-state index is -0.884. The van der Waals surface area contributed by atoms with E-state index in [0.717, 1.165) is 19.3 Å². The molecule has 2 atom stereocenters. The van der Waals surface area contributed by atoms with Crippen LogP contribution in [0.2, 0.25) is 0 Å². The first kappa shape index (κ1) is 14.4. The third-order valence-electron chi connectivity index (χ3n) is 3.93. The van der Waals surface area contributed by atoms with Crippen molar-refractivity contribution in [2.45, 2.75) is 25.3 Å². The van der Waals surface area contributed by atoms with Crippen LogP contribution in [0.25, 0.3) is 0 Å². The van der Waals surface area contributed by atoms with Crippen LogP contribution in [0.1, 0.15) is 19.3 Å². The number of aliphatic imine (C=N–C) groups is 1. The van der Waals surface area contributed by atoms with Crippen LogP contribution in [0, 0.1) is 5.92 Å². The number of anilines is 1. The van der Waals surface area contributed by atoms with Crippen LogP contribution >= 0.6 is 0 Å². The Balaban J connectivity index is 1.79. The summed E-state index contributed by atoms with van der Waals surface area (Å²) in [4.78, 5) is 33.2. The summed E-state index contributed by atoms with van der Waals surface area (Å²) in [5.74, 6) is -0.950. The number of hydrogen-bond donors (Lipinski definition) is 1. The van der Waals surface area contributed by atoms with E-state index in [1.54, 1.807) is 12.3 Å². The molecule has 114 valence electrons. The number of rotatable bonds is 3. The van der Waals surface area contributed by atoms with Crippen LogP contribution in [0.5, 0.6) is 5.75 Å². The summed E-state index contributed by atoms with van der Waals surface area (Å²) in [6.45, 7) is 0. The van der Waals surface area contributed by atoms with Gasteiger partial charge in [-0.1, -0.05) is 6.08 Å². The number of nitrogens with one attached hydrogen (secondary N) is 1. The Hall–Kier alpha value is -2.50. The predicted octanol–water partition coefficient (Wildman–Crippen LogP) is 1.78. The first-order valence-electron chi connectivity index (χ1n) is 7.27. The van der Waals surface area contributed by atoms with Crippen molar-refractivity contribution in [2.75, 3.05) is 12.4 Å². The van der Waals surface area contributed by atoms with Crippen LogP contribution in [-0.4, -0.2) is 36.0 Å². The number of methoxy groups -OCH3 is 1. The molecule has 1 N–H and O–H groups in total. The molecule has 1 aromatic heterocycles. The van der Waals surface area contributed by atoms with E-state index in [1.165, 1.54) is 19.5 Å². The molecule has 0 bridgehead atoms. The summed E-state index contributed by atoms with van der Waals surface area (Å²) >= 11 is 0. The summed E-state index contributed by atoms with van der Waals surface area (Å²) < 4.78 is 5.16. The first-order valence-corrected chi connectivity index (χ1v) is 7.27. The Morgan fingerprint density at radius 3 is 3.14 bits per heavy atom. The number of fused-ring (bicyclic) bond motifs is 1. The van der Waals surface area contributed by atoms with E-state index < -0.39 is 11.8 Å². The Labute approximate surface area is 128 Å². The second-order valence-electron chi connectivity index (χ2n) is 5.31. The Bertz CT molecular complexity index is 666. The number of carbonyl (C=O) groups excluding carboxylic acids is 2. The lowest BCUT2D eigenvalue weighted by Gasteiger charge is -2.26. The second kappa shape index (κ2) is 6.09. The molecule has 22 heavy (non-hydrogen) atoms. The van der Waals surface area contributed by atoms with E-state index in [2.05, 4.69) is 15.3 Å². The zero-order valence-electron chi connectivity index (χ0n) is 12.3. The van der Waals surface area contributed by atoms with Crippen LogP contribution in [0.3, 0.4) is 0 Å². The molecule has 6 heteroatoms. The van der Waals surface area contributed by atoms with Gasteiger partial charge in [-0.2, -0.15) is 0 Å². The fraction of sp³-hybridized carbons (Fsp3) is 0.375. The van der Waals surface area contributed by atoms with Crippen molar-refractivity contribution in [3.05, 3.63) is 30.1 Å². The molecule has 2 unspecified atom stereocenters. The van der Waals surface area contributed by atoms with Crippen LogP contribution < -0.4 is 10.1 Å². The highest BCUT2D eigenvalue weighted by Crippen LogP contribution is 2.28. The van der Waals surface area contributed by atoms with Gasteiger partial charge in [0.05, 0.1) is 19.3 Å². The number of Topliss-reactive ketones (excluding diaryl/α,β-unsaturated/α-hetero) is 1. The fourth-order valence-corrected chi connectivity index (χ4v) is 2.77. The van der Waals surface area contributed by atoms with Gasteiger partial charge in [0.2, 0.25) is 5.91 Å². The van der Waals surface area contributed by atoms with Crippen molar-refractivity contribution in [3.63, 3.8) is 0 Å². The summed E-state index contributed by atoms with van der Waals surface area (Å²) in [6.07, 6.45) is 9.22. The number of carbonyl (C=O) groups is 2. The zero-order chi connectivity index (χ0) is 15.5. The molecule has 3 rings (SSSR count). The molecule has 2 aliphatic rings. The zero-order valence-corrected chi connectivity index (χ0v) is 12.3. The minimum Gasteiger partial charge on any atom is -0.494 e. The van der Waals surface area contributed by atoms with Gasteiger partial charge in [0.15, 0.2) is 5.78 Å². The quantitative estimate of drug-likeness (QED) is 0.863. The number of ether oxygens (including phenoxy) is 1. The van der Waals surface area contributed by atoms with Gasteiger partial charge >= 0.3 is 0 Å². The van der Waals surface area contributed by atoms with Gasteiger partial charge in [0.25, 0.3) is 0 Å². The van der Waals surface area contributed by atoms with Gasteiger partial charge in [-0.15, -0.1) is 0 Å². The normalized spacial score (nSPS) is 23.5. The molecule has 0 saturated carbocycles. The Morgan fingerprint density at radius 1 is 1.45 bits per heavy atom. The number of nitrogens with zero attached hydrogens (tertiary/aromatic N) is 2. The van der Waals surface area contributed by atoms with Gasteiger partial charge in [0, 0.05) is 24.1 Å². The number of hydrogen-bond acceptors (Lipinski definition) is 5. The predicted molar refractivity (Wildman–Crippen MR) is 82.1 cm³/mol. The monoisotopic (exact) mass is 299 g/mol. The number of allylic oxidation sites excluding steroid dienone is 1. The fourth-order valence-electron chi connectivity index (χ4n) is 2.77. The summed E-state index contributed by atoms with van der Waals surface area (Å²) in [6, 6.07) is 1.57. The topological polar surface area (TPSA) is 80.7 Å². The lowest BCUT2D eigenvalue weighted by atomic mass is 9.84. The molecular weight excluding hydrogens is 282 g/mol. The van der Waals surface area contributed by atoms with E-state index in [4.69, 9.17) is 4.74 Å². The van der Waals surface area contributed by atoms with Crippen molar-refractivity contribution < 1.29 is 14.3 Å². The molecule has 1 aliphatic carbocycles. The standard InChI is InChI=1S/C16H17N3O3/c1-22-14-6-7-17-9-13(14)19-16(21)11-8-18-12-5-3-2-4-10(12)15(11)20/h4,6-9,11-12H,2-3,5H2,1H3,(H,19,21). The van der Waals surface area contributed by atoms with Crippen molar-refractivity contribution in [1.82, 2.24) is 4.98 Å². The van der Waals surface area contributed by atoms with Crippen molar-refractivity contribution in [3.8, 4) is 5.75 Å². The molecule has 0 saturated heterocycles. The minimum absolute atomic E-state index is 0.0711. The first-order chi connectivity index (χ1) is 10.7. The average molecular weight is 299 g/mol. The summed E-state index contributed by atoms with van der Waals surface area (Å²) in [5.41, 5.74) is 1.11. The molecule has 1 aliphatic heterocycles. The molecule has 0 fully saturated rings. The maximum Gasteiger partial charge on any atom is 0.240 e. The van der Waals surface area contributed by atoms with Gasteiger partial charge in [-0.25, -0.2) is 0 Å². The highest BCUT2D eigenvalue weighted by molar-refractivity contribution is 6.24. The van der Waals surface area contributed by atoms with Crippen LogP contribution in [-0.2, 0) is 9.59 Å². The van der Waals surface area contributed by atoms with Gasteiger partial charge in [-0.05, 0) is 19.3 Å². The third kappa shape index (κ3) is 2.64. The van der Waals surface area contributed by atoms with E-state index in [9.17, 15) is 9.59 Å². The second-order valence-corrected chi connectivity index (χ2v) is 5.31. The molecule has 1 amide bonds. The van der Waals surface area contributed by atoms with Crippen molar-refractivity contribution >= 4 is 23.6 Å². The maximum absolute atomic E-state index is 12.5. The highest BCUT2D eigenvalue weighted by Gasteiger charge is 2.35. The van der Waals surface area contributed by atoms with E-state index in [-0.39, 0.29) is 11.8 Å².